The van der Waals surface area contributed by atoms with Crippen molar-refractivity contribution in [2.24, 2.45) is 16.7 Å². The van der Waals surface area contributed by atoms with Crippen LogP contribution < -0.4 is 5.32 Å². The Morgan fingerprint density at radius 3 is 2.78 bits per heavy atom. The van der Waals surface area contributed by atoms with Crippen LogP contribution in [0.2, 0.25) is 0 Å². The number of rotatable bonds is 2. The van der Waals surface area contributed by atoms with Gasteiger partial charge in [0.05, 0.1) is 0 Å². The van der Waals surface area contributed by atoms with Crippen LogP contribution in [0.3, 0.4) is 0 Å². The molecule has 0 radical (unpaired) electrons. The molecule has 0 aromatic rings. The van der Waals surface area contributed by atoms with E-state index in [-0.39, 0.29) is 10.8 Å². The number of hydrogen-bond donors (Lipinski definition) is 1. The van der Waals surface area contributed by atoms with Crippen LogP contribution in [-0.4, -0.2) is 6.04 Å². The monoisotopic (exact) mass is 245 g/mol. The highest BCUT2D eigenvalue weighted by atomic mass is 15.0. The molecule has 1 saturated heterocycles. The zero-order chi connectivity index (χ0) is 13.4. The minimum atomic E-state index is 0.226. The molecule has 0 saturated carbocycles. The van der Waals surface area contributed by atoms with Crippen molar-refractivity contribution in [2.75, 3.05) is 0 Å². The lowest BCUT2D eigenvalue weighted by atomic mass is 9.53. The molecule has 0 aromatic carbocycles. The largest absolute Gasteiger partial charge is 0.385 e. The molecule has 1 nitrogen and oxygen atoms in total. The molecule has 2 aliphatic rings. The molecule has 0 aromatic heterocycles. The lowest BCUT2D eigenvalue weighted by Gasteiger charge is -2.57. The summed E-state index contributed by atoms with van der Waals surface area (Å²) >= 11 is 0. The molecule has 0 amide bonds. The molecule has 1 heteroatoms. The summed E-state index contributed by atoms with van der Waals surface area (Å²) in [6.45, 7) is 11.8. The maximum Gasteiger partial charge on any atom is 0.0289 e. The molecule has 2 rings (SSSR count). The van der Waals surface area contributed by atoms with Crippen molar-refractivity contribution < 1.29 is 0 Å². The summed E-state index contributed by atoms with van der Waals surface area (Å²) in [7, 11) is 0. The van der Waals surface area contributed by atoms with Crippen LogP contribution >= 0.6 is 0 Å². The van der Waals surface area contributed by atoms with Crippen molar-refractivity contribution in [3.63, 3.8) is 0 Å². The number of nitrogens with one attached hydrogen (secondary N) is 1. The van der Waals surface area contributed by atoms with Crippen LogP contribution in [-0.2, 0) is 0 Å². The summed E-state index contributed by atoms with van der Waals surface area (Å²) in [5, 5.41) is 3.72. The normalized spacial score (nSPS) is 38.2. The van der Waals surface area contributed by atoms with Crippen molar-refractivity contribution >= 4 is 0 Å². The van der Waals surface area contributed by atoms with E-state index < -0.39 is 0 Å². The number of hydrogen-bond acceptors (Lipinski definition) is 1. The third-order valence-corrected chi connectivity index (χ3v) is 5.44. The third kappa shape index (κ3) is 1.84. The molecule has 0 bridgehead atoms. The van der Waals surface area contributed by atoms with Crippen LogP contribution in [0.1, 0.15) is 47.5 Å². The van der Waals surface area contributed by atoms with E-state index in [2.05, 4.69) is 70.3 Å². The Morgan fingerprint density at radius 1 is 1.39 bits per heavy atom. The molecule has 1 N–H and O–H groups in total. The standard InChI is InChI=1S/C17H27N/c1-6-7-12-17(5)14-10-8-9-11-15(14)18-13(2)16(17,3)4/h7-9,11-14,18H,6,10H2,1-5H3/t13?,14?,17-/m1/s1. The Morgan fingerprint density at radius 2 is 2.11 bits per heavy atom. The van der Waals surface area contributed by atoms with Gasteiger partial charge in [0.2, 0.25) is 0 Å². The van der Waals surface area contributed by atoms with Gasteiger partial charge in [-0.2, -0.15) is 0 Å². The number of piperidine rings is 1. The predicted octanol–water partition coefficient (Wildman–Crippen LogP) is 4.44. The average molecular weight is 245 g/mol. The number of allylic oxidation sites excluding steroid dienone is 6. The van der Waals surface area contributed by atoms with Gasteiger partial charge in [-0.1, -0.05) is 52.0 Å². The van der Waals surface area contributed by atoms with Crippen molar-refractivity contribution in [3.05, 3.63) is 36.1 Å². The van der Waals surface area contributed by atoms with Gasteiger partial charge in [-0.05, 0) is 31.3 Å². The summed E-state index contributed by atoms with van der Waals surface area (Å²) in [5.74, 6) is 0.594. The highest BCUT2D eigenvalue weighted by molar-refractivity contribution is 5.30. The van der Waals surface area contributed by atoms with E-state index in [1.165, 1.54) is 5.70 Å². The van der Waals surface area contributed by atoms with Gasteiger partial charge < -0.3 is 5.32 Å². The first-order valence-corrected chi connectivity index (χ1v) is 7.24. The van der Waals surface area contributed by atoms with E-state index in [9.17, 15) is 0 Å². The van der Waals surface area contributed by atoms with E-state index >= 15 is 0 Å². The Hall–Kier alpha value is -0.980. The molecule has 1 heterocycles. The van der Waals surface area contributed by atoms with Crippen LogP contribution in [0.25, 0.3) is 0 Å². The molecule has 1 aliphatic carbocycles. The zero-order valence-electron chi connectivity index (χ0n) is 12.5. The first-order chi connectivity index (χ1) is 8.43. The van der Waals surface area contributed by atoms with Gasteiger partial charge in [0.1, 0.15) is 0 Å². The van der Waals surface area contributed by atoms with Crippen LogP contribution in [0.5, 0.6) is 0 Å². The minimum absolute atomic E-state index is 0.226. The van der Waals surface area contributed by atoms with E-state index in [1.807, 2.05) is 0 Å². The lowest BCUT2D eigenvalue weighted by Crippen LogP contribution is -2.58. The molecular weight excluding hydrogens is 218 g/mol. The van der Waals surface area contributed by atoms with Gasteiger partial charge in [0.15, 0.2) is 0 Å². The first-order valence-electron chi connectivity index (χ1n) is 7.24. The van der Waals surface area contributed by atoms with Crippen molar-refractivity contribution in [3.8, 4) is 0 Å². The fourth-order valence-corrected chi connectivity index (χ4v) is 3.39. The van der Waals surface area contributed by atoms with Crippen molar-refractivity contribution in [1.29, 1.82) is 0 Å². The van der Waals surface area contributed by atoms with E-state index in [0.717, 1.165) is 12.8 Å². The SMILES string of the molecule is CCC=C[C@]1(C)C2CC=CC=C2NC(C)C1(C)C. The van der Waals surface area contributed by atoms with E-state index in [0.29, 0.717) is 12.0 Å². The van der Waals surface area contributed by atoms with Crippen LogP contribution in [0, 0.1) is 16.7 Å². The quantitative estimate of drug-likeness (QED) is 0.709. The van der Waals surface area contributed by atoms with E-state index in [1.54, 1.807) is 0 Å². The van der Waals surface area contributed by atoms with Crippen molar-refractivity contribution in [2.45, 2.75) is 53.5 Å². The second-order valence-corrected chi connectivity index (χ2v) is 6.52. The lowest BCUT2D eigenvalue weighted by molar-refractivity contribution is 0.0216. The molecule has 1 aliphatic heterocycles. The minimum Gasteiger partial charge on any atom is -0.385 e. The highest BCUT2D eigenvalue weighted by Gasteiger charge is 2.52. The first kappa shape index (κ1) is 13.5. The summed E-state index contributed by atoms with van der Waals surface area (Å²) in [5.41, 5.74) is 1.91. The van der Waals surface area contributed by atoms with Crippen LogP contribution in [0.15, 0.2) is 36.1 Å². The summed E-state index contributed by atoms with van der Waals surface area (Å²) in [4.78, 5) is 0. The molecule has 100 valence electrons. The van der Waals surface area contributed by atoms with Gasteiger partial charge in [0, 0.05) is 23.1 Å². The Labute approximate surface area is 112 Å². The maximum atomic E-state index is 3.72. The molecule has 18 heavy (non-hydrogen) atoms. The average Bonchev–Trinajstić information content (AvgIpc) is 2.35. The zero-order valence-corrected chi connectivity index (χ0v) is 12.5. The van der Waals surface area contributed by atoms with Gasteiger partial charge in [0.25, 0.3) is 0 Å². The molecule has 0 spiro atoms. The highest BCUT2D eigenvalue weighted by Crippen LogP contribution is 2.55. The molecular formula is C17H27N. The predicted molar refractivity (Wildman–Crippen MR) is 79.2 cm³/mol. The molecule has 1 fully saturated rings. The van der Waals surface area contributed by atoms with Crippen molar-refractivity contribution in [1.82, 2.24) is 5.32 Å². The second kappa shape index (κ2) is 4.60. The second-order valence-electron chi connectivity index (χ2n) is 6.52. The maximum absolute atomic E-state index is 3.72. The Kier molecular flexibility index (Phi) is 3.44. The molecule has 2 unspecified atom stereocenters. The third-order valence-electron chi connectivity index (χ3n) is 5.44. The molecule has 3 atom stereocenters. The Bertz CT molecular complexity index is 400. The topological polar surface area (TPSA) is 12.0 Å². The summed E-state index contributed by atoms with van der Waals surface area (Å²) < 4.78 is 0. The summed E-state index contributed by atoms with van der Waals surface area (Å²) in [6.07, 6.45) is 13.8. The van der Waals surface area contributed by atoms with Gasteiger partial charge in [-0.3, -0.25) is 0 Å². The fraction of sp³-hybridized carbons (Fsp3) is 0.647. The smallest absolute Gasteiger partial charge is 0.0289 e. The Balaban J connectivity index is 2.46. The van der Waals surface area contributed by atoms with E-state index in [4.69, 9.17) is 0 Å². The van der Waals surface area contributed by atoms with Gasteiger partial charge in [-0.25, -0.2) is 0 Å². The number of fused-ring (bicyclic) bond motifs is 1. The van der Waals surface area contributed by atoms with Crippen LogP contribution in [0.4, 0.5) is 0 Å². The van der Waals surface area contributed by atoms with Gasteiger partial charge in [-0.15, -0.1) is 0 Å². The van der Waals surface area contributed by atoms with Gasteiger partial charge >= 0.3 is 0 Å². The summed E-state index contributed by atoms with van der Waals surface area (Å²) in [6, 6.07) is 0.498. The fourth-order valence-electron chi connectivity index (χ4n) is 3.39.